The maximum atomic E-state index is 6.25. The van der Waals surface area contributed by atoms with Gasteiger partial charge in [-0.2, -0.15) is 0 Å². The smallest absolute Gasteiger partial charge is 0.0455 e. The molecule has 1 N–H and O–H groups in total. The van der Waals surface area contributed by atoms with Crippen molar-refractivity contribution >= 4 is 28.9 Å². The van der Waals surface area contributed by atoms with Crippen molar-refractivity contribution in [2.75, 3.05) is 18.5 Å². The molecule has 0 aliphatic carbocycles. The molecule has 0 spiro atoms. The lowest BCUT2D eigenvalue weighted by molar-refractivity contribution is 0.723. The van der Waals surface area contributed by atoms with Crippen LogP contribution in [-0.4, -0.2) is 13.6 Å². The van der Waals surface area contributed by atoms with E-state index in [0.717, 1.165) is 40.9 Å². The SMILES string of the molecule is CCNCc1ccc(Cl)cc1N(C)Cc1ccccc1Cl. The fourth-order valence-corrected chi connectivity index (χ4v) is 2.63. The van der Waals surface area contributed by atoms with E-state index < -0.39 is 0 Å². The number of rotatable bonds is 6. The lowest BCUT2D eigenvalue weighted by Crippen LogP contribution is -2.20. The zero-order chi connectivity index (χ0) is 15.2. The van der Waals surface area contributed by atoms with E-state index in [2.05, 4.69) is 30.3 Å². The van der Waals surface area contributed by atoms with E-state index in [1.165, 1.54) is 5.56 Å². The van der Waals surface area contributed by atoms with Gasteiger partial charge in [0.1, 0.15) is 0 Å². The monoisotopic (exact) mass is 322 g/mol. The minimum absolute atomic E-state index is 0.747. The quantitative estimate of drug-likeness (QED) is 0.826. The van der Waals surface area contributed by atoms with Crippen molar-refractivity contribution in [2.45, 2.75) is 20.0 Å². The molecule has 0 aliphatic heterocycles. The molecular formula is C17H20Cl2N2. The summed E-state index contributed by atoms with van der Waals surface area (Å²) in [4.78, 5) is 2.18. The molecule has 0 heterocycles. The highest BCUT2D eigenvalue weighted by molar-refractivity contribution is 6.31. The number of halogens is 2. The van der Waals surface area contributed by atoms with Gasteiger partial charge in [-0.25, -0.2) is 0 Å². The van der Waals surface area contributed by atoms with Crippen LogP contribution in [0.3, 0.4) is 0 Å². The highest BCUT2D eigenvalue weighted by atomic mass is 35.5. The number of hydrogen-bond donors (Lipinski definition) is 1. The van der Waals surface area contributed by atoms with Crippen LogP contribution in [0.4, 0.5) is 5.69 Å². The summed E-state index contributed by atoms with van der Waals surface area (Å²) in [5.41, 5.74) is 3.47. The Bertz CT molecular complexity index is 599. The molecule has 0 radical (unpaired) electrons. The molecule has 0 aromatic heterocycles. The first kappa shape index (κ1) is 16.2. The Kier molecular flexibility index (Phi) is 5.92. The van der Waals surface area contributed by atoms with Crippen LogP contribution in [0.25, 0.3) is 0 Å². The van der Waals surface area contributed by atoms with Crippen molar-refractivity contribution < 1.29 is 0 Å². The van der Waals surface area contributed by atoms with Gasteiger partial charge in [0.25, 0.3) is 0 Å². The Morgan fingerprint density at radius 3 is 2.52 bits per heavy atom. The fourth-order valence-electron chi connectivity index (χ4n) is 2.27. The molecule has 0 amide bonds. The number of anilines is 1. The number of nitrogens with one attached hydrogen (secondary N) is 1. The molecule has 2 nitrogen and oxygen atoms in total. The third kappa shape index (κ3) is 4.37. The summed E-state index contributed by atoms with van der Waals surface area (Å²) < 4.78 is 0. The van der Waals surface area contributed by atoms with Crippen molar-refractivity contribution in [3.63, 3.8) is 0 Å². The van der Waals surface area contributed by atoms with Crippen LogP contribution in [0.15, 0.2) is 42.5 Å². The summed E-state index contributed by atoms with van der Waals surface area (Å²) in [5.74, 6) is 0. The highest BCUT2D eigenvalue weighted by Crippen LogP contribution is 2.27. The van der Waals surface area contributed by atoms with Crippen LogP contribution in [0.1, 0.15) is 18.1 Å². The fraction of sp³-hybridized carbons (Fsp3) is 0.294. The van der Waals surface area contributed by atoms with Gasteiger partial charge in [-0.05, 0) is 35.9 Å². The molecule has 112 valence electrons. The van der Waals surface area contributed by atoms with Gasteiger partial charge >= 0.3 is 0 Å². The summed E-state index contributed by atoms with van der Waals surface area (Å²) in [6.45, 7) is 4.62. The lowest BCUT2D eigenvalue weighted by atomic mass is 10.1. The molecular weight excluding hydrogens is 303 g/mol. The van der Waals surface area contributed by atoms with Gasteiger partial charge < -0.3 is 10.2 Å². The summed E-state index contributed by atoms with van der Waals surface area (Å²) in [6, 6.07) is 13.9. The largest absolute Gasteiger partial charge is 0.370 e. The van der Waals surface area contributed by atoms with Crippen LogP contribution >= 0.6 is 23.2 Å². The van der Waals surface area contributed by atoms with E-state index in [-0.39, 0.29) is 0 Å². The topological polar surface area (TPSA) is 15.3 Å². The first-order valence-corrected chi connectivity index (χ1v) is 7.81. The Morgan fingerprint density at radius 2 is 1.81 bits per heavy atom. The zero-order valence-corrected chi connectivity index (χ0v) is 13.9. The standard InChI is InChI=1S/C17H20Cl2N2/c1-3-20-11-13-8-9-15(18)10-17(13)21(2)12-14-6-4-5-7-16(14)19/h4-10,20H,3,11-12H2,1-2H3. The molecule has 0 unspecified atom stereocenters. The maximum absolute atomic E-state index is 6.25. The van der Waals surface area contributed by atoms with Crippen molar-refractivity contribution in [3.8, 4) is 0 Å². The third-order valence-corrected chi connectivity index (χ3v) is 3.99. The molecule has 21 heavy (non-hydrogen) atoms. The first-order chi connectivity index (χ1) is 10.1. The van der Waals surface area contributed by atoms with Crippen molar-refractivity contribution in [1.82, 2.24) is 5.32 Å². The molecule has 4 heteroatoms. The molecule has 0 atom stereocenters. The van der Waals surface area contributed by atoms with Gasteiger partial charge in [0.2, 0.25) is 0 Å². The molecule has 0 saturated heterocycles. The van der Waals surface area contributed by atoms with Crippen LogP contribution in [0, 0.1) is 0 Å². The van der Waals surface area contributed by atoms with Crippen LogP contribution in [0.5, 0.6) is 0 Å². The molecule has 0 fully saturated rings. The molecule has 2 aromatic rings. The minimum atomic E-state index is 0.747. The second-order valence-electron chi connectivity index (χ2n) is 5.00. The maximum Gasteiger partial charge on any atom is 0.0455 e. The van der Waals surface area contributed by atoms with Crippen LogP contribution in [0.2, 0.25) is 10.0 Å². The number of nitrogens with zero attached hydrogens (tertiary/aromatic N) is 1. The van der Waals surface area contributed by atoms with E-state index >= 15 is 0 Å². The van der Waals surface area contributed by atoms with E-state index in [9.17, 15) is 0 Å². The minimum Gasteiger partial charge on any atom is -0.370 e. The average molecular weight is 323 g/mol. The van der Waals surface area contributed by atoms with Crippen molar-refractivity contribution in [2.24, 2.45) is 0 Å². The molecule has 0 saturated carbocycles. The van der Waals surface area contributed by atoms with Gasteiger partial charge in [0, 0.05) is 35.9 Å². The zero-order valence-electron chi connectivity index (χ0n) is 12.4. The van der Waals surface area contributed by atoms with Crippen molar-refractivity contribution in [1.29, 1.82) is 0 Å². The van der Waals surface area contributed by atoms with Crippen LogP contribution < -0.4 is 10.2 Å². The van der Waals surface area contributed by atoms with E-state index in [0.29, 0.717) is 0 Å². The van der Waals surface area contributed by atoms with Gasteiger partial charge in [-0.1, -0.05) is 54.4 Å². The lowest BCUT2D eigenvalue weighted by Gasteiger charge is -2.23. The summed E-state index contributed by atoms with van der Waals surface area (Å²) in [7, 11) is 2.06. The second kappa shape index (κ2) is 7.69. The highest BCUT2D eigenvalue weighted by Gasteiger charge is 2.10. The van der Waals surface area contributed by atoms with Crippen LogP contribution in [-0.2, 0) is 13.1 Å². The summed E-state index contributed by atoms with van der Waals surface area (Å²) in [5, 5.41) is 4.90. The Morgan fingerprint density at radius 1 is 1.05 bits per heavy atom. The second-order valence-corrected chi connectivity index (χ2v) is 5.84. The molecule has 2 aromatic carbocycles. The summed E-state index contributed by atoms with van der Waals surface area (Å²) >= 11 is 12.4. The third-order valence-electron chi connectivity index (χ3n) is 3.39. The number of hydrogen-bond acceptors (Lipinski definition) is 2. The predicted octanol–water partition coefficient (Wildman–Crippen LogP) is 4.74. The van der Waals surface area contributed by atoms with E-state index in [4.69, 9.17) is 23.2 Å². The van der Waals surface area contributed by atoms with Gasteiger partial charge in [0.15, 0.2) is 0 Å². The van der Waals surface area contributed by atoms with Crippen molar-refractivity contribution in [3.05, 3.63) is 63.6 Å². The van der Waals surface area contributed by atoms with E-state index in [1.807, 2.05) is 36.4 Å². The van der Waals surface area contributed by atoms with Gasteiger partial charge in [-0.15, -0.1) is 0 Å². The Hall–Kier alpha value is -1.22. The Labute approximate surface area is 136 Å². The predicted molar refractivity (Wildman–Crippen MR) is 92.4 cm³/mol. The van der Waals surface area contributed by atoms with Gasteiger partial charge in [-0.3, -0.25) is 0 Å². The normalized spacial score (nSPS) is 10.7. The van der Waals surface area contributed by atoms with E-state index in [1.54, 1.807) is 0 Å². The van der Waals surface area contributed by atoms with Gasteiger partial charge in [0.05, 0.1) is 0 Å². The summed E-state index contributed by atoms with van der Waals surface area (Å²) in [6.07, 6.45) is 0. The molecule has 2 rings (SSSR count). The number of benzene rings is 2. The molecule has 0 bridgehead atoms. The average Bonchev–Trinajstić information content (AvgIpc) is 2.48. The first-order valence-electron chi connectivity index (χ1n) is 7.05. The Balaban J connectivity index is 2.23. The molecule has 0 aliphatic rings.